The van der Waals surface area contributed by atoms with Gasteiger partial charge in [-0.25, -0.2) is 4.98 Å². The smallest absolute Gasteiger partial charge is 0.253 e. The molecule has 0 saturated heterocycles. The zero-order valence-electron chi connectivity index (χ0n) is 12.0. The molecular formula is C13H20N4O2S. The van der Waals surface area contributed by atoms with E-state index in [1.54, 1.807) is 25.8 Å². The van der Waals surface area contributed by atoms with Crippen LogP contribution in [0.1, 0.15) is 24.4 Å². The van der Waals surface area contributed by atoms with Gasteiger partial charge < -0.3 is 10.6 Å². The largest absolute Gasteiger partial charge is 0.393 e. The molecule has 0 aromatic carbocycles. The first-order chi connectivity index (χ1) is 9.31. The third-order valence-electron chi connectivity index (χ3n) is 3.00. The molecule has 0 unspecified atom stereocenters. The summed E-state index contributed by atoms with van der Waals surface area (Å²) in [6.45, 7) is 4.35. The van der Waals surface area contributed by atoms with Crippen LogP contribution in [0.5, 0.6) is 0 Å². The highest BCUT2D eigenvalue weighted by molar-refractivity contribution is 7.80. The van der Waals surface area contributed by atoms with Crippen LogP contribution in [-0.4, -0.2) is 38.9 Å². The highest BCUT2D eigenvalue weighted by Gasteiger charge is 2.11. The number of aromatic nitrogens is 2. The van der Waals surface area contributed by atoms with Crippen molar-refractivity contribution >= 4 is 23.1 Å². The van der Waals surface area contributed by atoms with Crippen molar-refractivity contribution in [1.29, 1.82) is 0 Å². The Morgan fingerprint density at radius 1 is 1.45 bits per heavy atom. The minimum atomic E-state index is -0.131. The maximum absolute atomic E-state index is 11.9. The van der Waals surface area contributed by atoms with Crippen LogP contribution in [-0.2, 0) is 11.3 Å². The van der Waals surface area contributed by atoms with Gasteiger partial charge in [-0.05, 0) is 13.8 Å². The average molecular weight is 296 g/mol. The Kier molecular flexibility index (Phi) is 5.82. The number of carbonyl (C=O) groups excluding carboxylic acids is 1. The number of amides is 1. The molecule has 1 aromatic rings. The lowest BCUT2D eigenvalue weighted by molar-refractivity contribution is -0.130. The number of nitrogens with zero attached hydrogens (tertiary/aromatic N) is 3. The van der Waals surface area contributed by atoms with Gasteiger partial charge in [0.15, 0.2) is 0 Å². The summed E-state index contributed by atoms with van der Waals surface area (Å²) in [5.74, 6) is 0.571. The molecule has 7 heteroatoms. The topological polar surface area (TPSA) is 81.2 Å². The predicted molar refractivity (Wildman–Crippen MR) is 81.6 cm³/mol. The van der Waals surface area contributed by atoms with Gasteiger partial charge in [-0.1, -0.05) is 12.2 Å². The quantitative estimate of drug-likeness (QED) is 0.768. The molecule has 0 radical (unpaired) electrons. The van der Waals surface area contributed by atoms with Crippen LogP contribution in [0.15, 0.2) is 10.9 Å². The summed E-state index contributed by atoms with van der Waals surface area (Å²) in [5.41, 5.74) is 5.95. The van der Waals surface area contributed by atoms with Crippen molar-refractivity contribution < 1.29 is 4.79 Å². The van der Waals surface area contributed by atoms with E-state index in [4.69, 9.17) is 18.0 Å². The van der Waals surface area contributed by atoms with Crippen LogP contribution in [0, 0.1) is 13.8 Å². The number of rotatable bonds is 6. The van der Waals surface area contributed by atoms with Crippen LogP contribution >= 0.6 is 12.2 Å². The van der Waals surface area contributed by atoms with Crippen LogP contribution < -0.4 is 11.3 Å². The van der Waals surface area contributed by atoms with E-state index >= 15 is 0 Å². The minimum absolute atomic E-state index is 0.0480. The van der Waals surface area contributed by atoms with Crippen molar-refractivity contribution in [2.45, 2.75) is 33.2 Å². The third kappa shape index (κ3) is 4.73. The van der Waals surface area contributed by atoms with Gasteiger partial charge in [0, 0.05) is 44.7 Å². The molecule has 0 saturated carbocycles. The van der Waals surface area contributed by atoms with Gasteiger partial charge in [-0.3, -0.25) is 14.2 Å². The molecule has 0 atom stereocenters. The maximum Gasteiger partial charge on any atom is 0.253 e. The lowest BCUT2D eigenvalue weighted by atomic mass is 10.3. The summed E-state index contributed by atoms with van der Waals surface area (Å²) in [5, 5.41) is 0. The Hall–Kier alpha value is -1.76. The second-order valence-corrected chi connectivity index (χ2v) is 5.24. The molecule has 0 spiro atoms. The molecule has 2 N–H and O–H groups in total. The maximum atomic E-state index is 11.9. The van der Waals surface area contributed by atoms with Crippen molar-refractivity contribution in [3.63, 3.8) is 0 Å². The number of carbonyl (C=O) groups is 1. The number of hydrogen-bond acceptors (Lipinski definition) is 4. The third-order valence-corrected chi connectivity index (χ3v) is 3.20. The summed E-state index contributed by atoms with van der Waals surface area (Å²) < 4.78 is 1.51. The van der Waals surface area contributed by atoms with Gasteiger partial charge in [0.25, 0.3) is 5.56 Å². The van der Waals surface area contributed by atoms with Gasteiger partial charge in [0.05, 0.1) is 4.99 Å². The number of hydrogen-bond donors (Lipinski definition) is 1. The molecule has 0 bridgehead atoms. The first kappa shape index (κ1) is 16.3. The zero-order valence-corrected chi connectivity index (χ0v) is 12.9. The highest BCUT2D eigenvalue weighted by atomic mass is 32.1. The second-order valence-electron chi connectivity index (χ2n) is 4.72. The van der Waals surface area contributed by atoms with Gasteiger partial charge >= 0.3 is 0 Å². The Morgan fingerprint density at radius 2 is 2.10 bits per heavy atom. The van der Waals surface area contributed by atoms with E-state index in [1.807, 2.05) is 0 Å². The molecule has 110 valence electrons. The molecule has 1 amide bonds. The summed E-state index contributed by atoms with van der Waals surface area (Å²) in [6, 6.07) is 1.47. The Bertz CT molecular complexity index is 568. The molecule has 0 aliphatic rings. The first-order valence-electron chi connectivity index (χ1n) is 6.38. The molecule has 0 aliphatic heterocycles. The van der Waals surface area contributed by atoms with Crippen LogP contribution in [0.2, 0.25) is 0 Å². The van der Waals surface area contributed by atoms with Crippen LogP contribution in [0.25, 0.3) is 0 Å². The van der Waals surface area contributed by atoms with Crippen LogP contribution in [0.3, 0.4) is 0 Å². The zero-order chi connectivity index (χ0) is 15.3. The van der Waals surface area contributed by atoms with Gasteiger partial charge in [-0.15, -0.1) is 0 Å². The van der Waals surface area contributed by atoms with Crippen molar-refractivity contribution in [2.24, 2.45) is 5.73 Å². The predicted octanol–water partition coefficient (Wildman–Crippen LogP) is 0.385. The summed E-state index contributed by atoms with van der Waals surface area (Å²) >= 11 is 4.77. The number of nitrogens with two attached hydrogens (primary N) is 1. The van der Waals surface area contributed by atoms with E-state index in [2.05, 4.69) is 4.98 Å². The van der Waals surface area contributed by atoms with Gasteiger partial charge in [-0.2, -0.15) is 0 Å². The van der Waals surface area contributed by atoms with Crippen molar-refractivity contribution in [2.75, 3.05) is 13.6 Å². The SMILES string of the molecule is Cc1cc(=O)n(CCC(=O)N(C)CCC(N)=S)c(C)n1. The van der Waals surface area contributed by atoms with Gasteiger partial charge in [0.1, 0.15) is 5.82 Å². The van der Waals surface area contributed by atoms with Crippen molar-refractivity contribution in [3.05, 3.63) is 27.9 Å². The van der Waals surface area contributed by atoms with E-state index in [1.165, 1.54) is 10.6 Å². The van der Waals surface area contributed by atoms with Gasteiger partial charge in [0.2, 0.25) is 5.91 Å². The standard InChI is InChI=1S/C13H20N4O2S/c1-9-8-13(19)17(10(2)15-9)7-5-12(18)16(3)6-4-11(14)20/h8H,4-7H2,1-3H3,(H2,14,20). The summed E-state index contributed by atoms with van der Waals surface area (Å²) in [6.07, 6.45) is 0.752. The Labute approximate surface area is 123 Å². The average Bonchev–Trinajstić information content (AvgIpc) is 2.34. The first-order valence-corrected chi connectivity index (χ1v) is 6.79. The highest BCUT2D eigenvalue weighted by Crippen LogP contribution is 1.99. The molecular weight excluding hydrogens is 276 g/mol. The fraction of sp³-hybridized carbons (Fsp3) is 0.538. The Balaban J connectivity index is 2.61. The fourth-order valence-electron chi connectivity index (χ4n) is 1.84. The molecule has 1 aromatic heterocycles. The normalized spacial score (nSPS) is 10.3. The lowest BCUT2D eigenvalue weighted by Gasteiger charge is -2.17. The second kappa shape index (κ2) is 7.14. The monoisotopic (exact) mass is 296 g/mol. The summed E-state index contributed by atoms with van der Waals surface area (Å²) in [4.78, 5) is 29.9. The van der Waals surface area contributed by atoms with E-state index in [0.29, 0.717) is 36.0 Å². The molecule has 1 heterocycles. The van der Waals surface area contributed by atoms with E-state index in [9.17, 15) is 9.59 Å². The fourth-order valence-corrected chi connectivity index (χ4v) is 1.93. The minimum Gasteiger partial charge on any atom is -0.393 e. The van der Waals surface area contributed by atoms with Crippen molar-refractivity contribution in [1.82, 2.24) is 14.5 Å². The number of aryl methyl sites for hydroxylation is 2. The van der Waals surface area contributed by atoms with E-state index in [-0.39, 0.29) is 17.9 Å². The van der Waals surface area contributed by atoms with E-state index < -0.39 is 0 Å². The molecule has 20 heavy (non-hydrogen) atoms. The van der Waals surface area contributed by atoms with E-state index in [0.717, 1.165) is 0 Å². The van der Waals surface area contributed by atoms with Crippen LogP contribution in [0.4, 0.5) is 0 Å². The Morgan fingerprint density at radius 3 is 2.65 bits per heavy atom. The molecule has 6 nitrogen and oxygen atoms in total. The molecule has 0 fully saturated rings. The van der Waals surface area contributed by atoms with Crippen molar-refractivity contribution in [3.8, 4) is 0 Å². The number of thiocarbonyl (C=S) groups is 1. The summed E-state index contributed by atoms with van der Waals surface area (Å²) in [7, 11) is 1.70. The lowest BCUT2D eigenvalue weighted by Crippen LogP contribution is -2.32. The molecule has 1 rings (SSSR count). The molecule has 0 aliphatic carbocycles.